The van der Waals surface area contributed by atoms with Crippen LogP contribution in [0.1, 0.15) is 26.5 Å². The zero-order valence-corrected chi connectivity index (χ0v) is 15.3. The molecule has 0 amide bonds. The highest BCUT2D eigenvalue weighted by Gasteiger charge is 2.61. The lowest BCUT2D eigenvalue weighted by molar-refractivity contribution is -0.171. The molecule has 0 unspecified atom stereocenters. The van der Waals surface area contributed by atoms with Crippen molar-refractivity contribution in [3.05, 3.63) is 38.7 Å². The summed E-state index contributed by atoms with van der Waals surface area (Å²) >= 11 is 0. The first-order valence-corrected chi connectivity index (χ1v) is 8.36. The topological polar surface area (TPSA) is 143 Å². The zero-order chi connectivity index (χ0) is 20.6. The van der Waals surface area contributed by atoms with E-state index in [9.17, 15) is 24.0 Å². The summed E-state index contributed by atoms with van der Waals surface area (Å²) in [4.78, 5) is 60.8. The summed E-state index contributed by atoms with van der Waals surface area (Å²) in [6, 6.07) is 1.17. The van der Waals surface area contributed by atoms with Gasteiger partial charge in [-0.25, -0.2) is 4.79 Å². The van der Waals surface area contributed by atoms with Crippen LogP contribution >= 0.6 is 0 Å². The second kappa shape index (κ2) is 7.08. The van der Waals surface area contributed by atoms with Crippen LogP contribution in [0, 0.1) is 0 Å². The van der Waals surface area contributed by atoms with Crippen LogP contribution in [0.3, 0.4) is 0 Å². The number of nitrogens with zero attached hydrogens (tertiary/aromatic N) is 1. The predicted molar refractivity (Wildman–Crippen MR) is 90.9 cm³/mol. The Labute approximate surface area is 157 Å². The normalized spacial score (nSPS) is 27.5. The Bertz CT molecular complexity index is 976. The molecule has 1 spiro atoms. The number of H-pyrrole nitrogens is 1. The predicted octanol–water partition coefficient (Wildman–Crippen LogP) is -0.958. The molecule has 0 saturated carbocycles. The molecule has 150 valence electrons. The number of rotatable bonds is 4. The second-order valence-electron chi connectivity index (χ2n) is 6.35. The number of fused-ring (bicyclic) bond motifs is 2. The van der Waals surface area contributed by atoms with Crippen LogP contribution in [0.2, 0.25) is 0 Å². The van der Waals surface area contributed by atoms with Crippen molar-refractivity contribution >= 4 is 24.0 Å². The SMILES string of the molecule is CC(=O)OC[C@H]1O[C@]2(C=Cc3cc(=O)[nH]c(=O)n32)[C@@H](OC(C)=O)[C@@H]1OC(C)=O. The van der Waals surface area contributed by atoms with E-state index in [4.69, 9.17) is 18.9 Å². The van der Waals surface area contributed by atoms with Gasteiger partial charge >= 0.3 is 23.6 Å². The number of nitrogens with one attached hydrogen (secondary N) is 1. The molecule has 4 atom stereocenters. The lowest BCUT2D eigenvalue weighted by Crippen LogP contribution is -2.51. The van der Waals surface area contributed by atoms with Crippen LogP contribution < -0.4 is 11.2 Å². The molecule has 1 aromatic heterocycles. The van der Waals surface area contributed by atoms with Gasteiger partial charge in [0.05, 0.1) is 5.69 Å². The summed E-state index contributed by atoms with van der Waals surface area (Å²) in [6.07, 6.45) is -0.599. The number of aromatic amines is 1. The number of aromatic nitrogens is 2. The second-order valence-corrected chi connectivity index (χ2v) is 6.35. The largest absolute Gasteiger partial charge is 0.463 e. The molecule has 28 heavy (non-hydrogen) atoms. The van der Waals surface area contributed by atoms with Crippen molar-refractivity contribution in [2.24, 2.45) is 0 Å². The Hall–Kier alpha value is -3.21. The van der Waals surface area contributed by atoms with E-state index in [0.29, 0.717) is 0 Å². The molecule has 3 rings (SSSR count). The lowest BCUT2D eigenvalue weighted by atomic mass is 10.0. The average Bonchev–Trinajstić information content (AvgIpc) is 3.06. The summed E-state index contributed by atoms with van der Waals surface area (Å²) in [6.45, 7) is 3.18. The standard InChI is InChI=1S/C17H18N2O9/c1-8(20)25-7-12-14(26-9(2)21)15(27-10(3)22)17(28-12)5-4-11-6-13(23)18-16(24)19(11)17/h4-6,12,14-15H,7H2,1-3H3,(H,18,23,24)/t12-,14-,15+,17-/m1/s1. The highest BCUT2D eigenvalue weighted by molar-refractivity contribution is 5.68. The van der Waals surface area contributed by atoms with E-state index in [1.54, 1.807) is 0 Å². The fraction of sp³-hybridized carbons (Fsp3) is 0.471. The first kappa shape index (κ1) is 19.5. The molecule has 0 aliphatic carbocycles. The molecule has 0 radical (unpaired) electrons. The van der Waals surface area contributed by atoms with Crippen LogP contribution in [0.15, 0.2) is 21.7 Å². The molecule has 1 fully saturated rings. The van der Waals surface area contributed by atoms with Gasteiger partial charge in [0.25, 0.3) is 5.56 Å². The Morgan fingerprint density at radius 1 is 1.14 bits per heavy atom. The summed E-state index contributed by atoms with van der Waals surface area (Å²) in [5.41, 5.74) is -2.90. The number of ether oxygens (including phenoxy) is 4. The summed E-state index contributed by atoms with van der Waals surface area (Å²) < 4.78 is 22.7. The van der Waals surface area contributed by atoms with Gasteiger partial charge in [-0.2, -0.15) is 0 Å². The monoisotopic (exact) mass is 394 g/mol. The number of hydrogen-bond acceptors (Lipinski definition) is 9. The maximum absolute atomic E-state index is 12.5. The quantitative estimate of drug-likeness (QED) is 0.504. The number of esters is 3. The highest BCUT2D eigenvalue weighted by atomic mass is 16.7. The van der Waals surface area contributed by atoms with Gasteiger partial charge in [-0.1, -0.05) is 0 Å². The third kappa shape index (κ3) is 3.36. The van der Waals surface area contributed by atoms with Crippen molar-refractivity contribution in [2.45, 2.75) is 44.8 Å². The maximum atomic E-state index is 12.5. The molecule has 0 bridgehead atoms. The molecule has 2 aliphatic rings. The van der Waals surface area contributed by atoms with Crippen LogP contribution in [0.5, 0.6) is 0 Å². The maximum Gasteiger partial charge on any atom is 0.331 e. The van der Waals surface area contributed by atoms with E-state index in [1.807, 2.05) is 0 Å². The third-order valence-electron chi connectivity index (χ3n) is 4.27. The van der Waals surface area contributed by atoms with Gasteiger partial charge in [-0.15, -0.1) is 0 Å². The number of hydrogen-bond donors (Lipinski definition) is 1. The van der Waals surface area contributed by atoms with Crippen LogP contribution in [0.25, 0.3) is 6.08 Å². The lowest BCUT2D eigenvalue weighted by Gasteiger charge is -2.31. The summed E-state index contributed by atoms with van der Waals surface area (Å²) in [5.74, 6) is -2.00. The molecule has 11 nitrogen and oxygen atoms in total. The first-order chi connectivity index (χ1) is 13.1. The Balaban J connectivity index is 2.12. The Kier molecular flexibility index (Phi) is 4.94. The van der Waals surface area contributed by atoms with Crippen LogP contribution in [-0.2, 0) is 39.1 Å². The van der Waals surface area contributed by atoms with Gasteiger partial charge in [-0.3, -0.25) is 28.7 Å². The molecule has 2 aliphatic heterocycles. The third-order valence-corrected chi connectivity index (χ3v) is 4.27. The van der Waals surface area contributed by atoms with E-state index < -0.39 is 53.2 Å². The van der Waals surface area contributed by atoms with Crippen molar-refractivity contribution in [1.29, 1.82) is 0 Å². The van der Waals surface area contributed by atoms with Gasteiger partial charge < -0.3 is 18.9 Å². The minimum atomic E-state index is -1.69. The van der Waals surface area contributed by atoms with E-state index >= 15 is 0 Å². The van der Waals surface area contributed by atoms with Gasteiger partial charge in [0.15, 0.2) is 12.2 Å². The minimum Gasteiger partial charge on any atom is -0.463 e. The molecule has 1 aromatic rings. The zero-order valence-electron chi connectivity index (χ0n) is 15.3. The van der Waals surface area contributed by atoms with Gasteiger partial charge in [0.1, 0.15) is 12.7 Å². The van der Waals surface area contributed by atoms with Crippen LogP contribution in [-0.4, -0.2) is 52.4 Å². The number of carbonyl (C=O) groups excluding carboxylic acids is 3. The van der Waals surface area contributed by atoms with Crippen molar-refractivity contribution in [3.8, 4) is 0 Å². The minimum absolute atomic E-state index is 0.209. The van der Waals surface area contributed by atoms with Gasteiger partial charge in [0, 0.05) is 26.8 Å². The highest BCUT2D eigenvalue weighted by Crippen LogP contribution is 2.43. The van der Waals surface area contributed by atoms with E-state index in [2.05, 4.69) is 4.98 Å². The fourth-order valence-electron chi connectivity index (χ4n) is 3.38. The first-order valence-electron chi connectivity index (χ1n) is 8.36. The molecule has 1 saturated heterocycles. The van der Waals surface area contributed by atoms with Crippen molar-refractivity contribution in [1.82, 2.24) is 9.55 Å². The van der Waals surface area contributed by atoms with Crippen molar-refractivity contribution in [3.63, 3.8) is 0 Å². The fourth-order valence-corrected chi connectivity index (χ4v) is 3.38. The molecule has 11 heteroatoms. The molecular formula is C17H18N2O9. The Morgan fingerprint density at radius 3 is 2.43 bits per heavy atom. The van der Waals surface area contributed by atoms with E-state index in [0.717, 1.165) is 18.4 Å². The summed E-state index contributed by atoms with van der Waals surface area (Å²) in [7, 11) is 0. The van der Waals surface area contributed by atoms with E-state index in [1.165, 1.54) is 25.1 Å². The van der Waals surface area contributed by atoms with Gasteiger partial charge in [-0.05, 0) is 12.2 Å². The molecule has 0 aromatic carbocycles. The molecule has 1 N–H and O–H groups in total. The molecular weight excluding hydrogens is 376 g/mol. The van der Waals surface area contributed by atoms with E-state index in [-0.39, 0.29) is 12.3 Å². The average molecular weight is 394 g/mol. The molecule has 3 heterocycles. The van der Waals surface area contributed by atoms with Crippen molar-refractivity contribution in [2.75, 3.05) is 6.61 Å². The van der Waals surface area contributed by atoms with Crippen molar-refractivity contribution < 1.29 is 33.3 Å². The number of carbonyl (C=O) groups is 3. The summed E-state index contributed by atoms with van der Waals surface area (Å²) in [5, 5.41) is 0. The van der Waals surface area contributed by atoms with Gasteiger partial charge in [0.2, 0.25) is 5.72 Å². The van der Waals surface area contributed by atoms with Crippen LogP contribution in [0.4, 0.5) is 0 Å². The smallest absolute Gasteiger partial charge is 0.331 e. The Morgan fingerprint density at radius 2 is 1.82 bits per heavy atom.